The fourth-order valence-electron chi connectivity index (χ4n) is 2.11. The van der Waals surface area contributed by atoms with Gasteiger partial charge in [0, 0.05) is 12.8 Å². The first-order chi connectivity index (χ1) is 8.56. The molecular formula is C14H28Cl2O4. The highest BCUT2D eigenvalue weighted by Gasteiger charge is 2.10. The Labute approximate surface area is 134 Å². The van der Waals surface area contributed by atoms with Crippen LogP contribution in [-0.4, -0.2) is 22.2 Å². The molecule has 0 aliphatic rings. The van der Waals surface area contributed by atoms with E-state index in [1.54, 1.807) is 0 Å². The number of rotatable bonds is 12. The second-order valence-electron chi connectivity index (χ2n) is 4.93. The normalized spacial score (nSPS) is 11.1. The second kappa shape index (κ2) is 16.6. The summed E-state index contributed by atoms with van der Waals surface area (Å²) in [4.78, 5) is 20.9. The highest BCUT2D eigenvalue weighted by Crippen LogP contribution is 2.18. The zero-order chi connectivity index (χ0) is 13.8. The number of hydrogen-bond acceptors (Lipinski definition) is 2. The van der Waals surface area contributed by atoms with E-state index >= 15 is 0 Å². The van der Waals surface area contributed by atoms with Crippen molar-refractivity contribution in [2.24, 2.45) is 5.92 Å². The van der Waals surface area contributed by atoms with Gasteiger partial charge in [-0.3, -0.25) is 9.59 Å². The first kappa shape index (κ1) is 24.5. The molecule has 0 spiro atoms. The van der Waals surface area contributed by atoms with Crippen LogP contribution in [0.25, 0.3) is 0 Å². The Morgan fingerprint density at radius 2 is 1.35 bits per heavy atom. The molecule has 0 saturated heterocycles. The van der Waals surface area contributed by atoms with Crippen molar-refractivity contribution in [2.75, 3.05) is 0 Å². The largest absolute Gasteiger partial charge is 0.481 e. The van der Waals surface area contributed by atoms with Gasteiger partial charge in [0.25, 0.3) is 0 Å². The summed E-state index contributed by atoms with van der Waals surface area (Å²) in [6.45, 7) is 2.04. The highest BCUT2D eigenvalue weighted by molar-refractivity contribution is 5.85. The molecule has 0 radical (unpaired) electrons. The summed E-state index contributed by atoms with van der Waals surface area (Å²) >= 11 is 0. The van der Waals surface area contributed by atoms with Crippen molar-refractivity contribution in [1.29, 1.82) is 0 Å². The van der Waals surface area contributed by atoms with Gasteiger partial charge in [-0.2, -0.15) is 0 Å². The molecule has 1 atom stereocenters. The third-order valence-electron chi connectivity index (χ3n) is 3.29. The summed E-state index contributed by atoms with van der Waals surface area (Å²) in [6.07, 6.45) is 8.68. The van der Waals surface area contributed by atoms with Gasteiger partial charge < -0.3 is 10.2 Å². The van der Waals surface area contributed by atoms with E-state index in [1.807, 2.05) is 6.92 Å². The van der Waals surface area contributed by atoms with Crippen molar-refractivity contribution in [1.82, 2.24) is 0 Å². The molecule has 122 valence electrons. The van der Waals surface area contributed by atoms with Crippen LogP contribution in [0.1, 0.15) is 71.1 Å². The summed E-state index contributed by atoms with van der Waals surface area (Å²) < 4.78 is 0. The van der Waals surface area contributed by atoms with Crippen molar-refractivity contribution in [3.8, 4) is 0 Å². The molecular weight excluding hydrogens is 303 g/mol. The highest BCUT2D eigenvalue weighted by atomic mass is 35.5. The van der Waals surface area contributed by atoms with E-state index in [2.05, 4.69) is 0 Å². The molecule has 1 unspecified atom stereocenters. The van der Waals surface area contributed by atoms with Crippen LogP contribution in [0.5, 0.6) is 0 Å². The fourth-order valence-corrected chi connectivity index (χ4v) is 2.11. The first-order valence-electron chi connectivity index (χ1n) is 6.99. The van der Waals surface area contributed by atoms with Crippen LogP contribution in [0.2, 0.25) is 0 Å². The maximum atomic E-state index is 10.6. The Bertz CT molecular complexity index is 247. The average molecular weight is 331 g/mol. The molecule has 0 saturated carbocycles. The lowest BCUT2D eigenvalue weighted by Gasteiger charge is -2.11. The molecule has 0 aromatic heterocycles. The van der Waals surface area contributed by atoms with E-state index in [0.29, 0.717) is 5.92 Å². The minimum absolute atomic E-state index is 0. The number of hydrogen-bond donors (Lipinski definition) is 2. The van der Waals surface area contributed by atoms with Crippen molar-refractivity contribution in [2.45, 2.75) is 71.1 Å². The predicted octanol–water partition coefficient (Wildman–Crippen LogP) is 4.54. The Hall–Kier alpha value is -0.480. The summed E-state index contributed by atoms with van der Waals surface area (Å²) in [5.74, 6) is -1.10. The van der Waals surface area contributed by atoms with Gasteiger partial charge in [-0.05, 0) is 18.8 Å². The van der Waals surface area contributed by atoms with Crippen LogP contribution in [0.4, 0.5) is 0 Å². The molecule has 2 N–H and O–H groups in total. The number of carboxylic acids is 2. The zero-order valence-corrected chi connectivity index (χ0v) is 13.8. The molecule has 6 heteroatoms. The molecule has 0 heterocycles. The van der Waals surface area contributed by atoms with Gasteiger partial charge in [0.05, 0.1) is 0 Å². The summed E-state index contributed by atoms with van der Waals surface area (Å²) in [6, 6.07) is 0. The molecule has 0 fully saturated rings. The van der Waals surface area contributed by atoms with E-state index < -0.39 is 11.9 Å². The van der Waals surface area contributed by atoms with Crippen molar-refractivity contribution < 1.29 is 19.8 Å². The Balaban J connectivity index is -0.00000144. The standard InChI is InChI=1S/C14H26O4.2ClH/c1-2-12(11-14(17)18)9-7-5-3-4-6-8-10-13(15)16;;/h12H,2-11H2,1H3,(H,15,16)(H,17,18);2*1H. The van der Waals surface area contributed by atoms with Crippen LogP contribution in [0, 0.1) is 5.92 Å². The van der Waals surface area contributed by atoms with Gasteiger partial charge in [0.15, 0.2) is 0 Å². The summed E-state index contributed by atoms with van der Waals surface area (Å²) in [7, 11) is 0. The molecule has 4 nitrogen and oxygen atoms in total. The molecule has 20 heavy (non-hydrogen) atoms. The number of carbonyl (C=O) groups is 2. The molecule has 0 aromatic rings. The maximum absolute atomic E-state index is 10.6. The lowest BCUT2D eigenvalue weighted by atomic mass is 9.95. The third kappa shape index (κ3) is 17.5. The van der Waals surface area contributed by atoms with Crippen LogP contribution in [-0.2, 0) is 9.59 Å². The van der Waals surface area contributed by atoms with Gasteiger partial charge >= 0.3 is 11.9 Å². The van der Waals surface area contributed by atoms with Gasteiger partial charge in [-0.25, -0.2) is 0 Å². The van der Waals surface area contributed by atoms with E-state index in [9.17, 15) is 9.59 Å². The maximum Gasteiger partial charge on any atom is 0.303 e. The van der Waals surface area contributed by atoms with E-state index in [0.717, 1.165) is 51.4 Å². The number of aliphatic carboxylic acids is 2. The molecule has 0 aromatic carbocycles. The van der Waals surface area contributed by atoms with Crippen LogP contribution >= 0.6 is 24.8 Å². The van der Waals surface area contributed by atoms with Crippen molar-refractivity contribution >= 4 is 36.8 Å². The number of unbranched alkanes of at least 4 members (excludes halogenated alkanes) is 5. The summed E-state index contributed by atoms with van der Waals surface area (Å²) in [5.41, 5.74) is 0. The predicted molar refractivity (Wildman–Crippen MR) is 85.1 cm³/mol. The molecule has 0 aliphatic carbocycles. The minimum Gasteiger partial charge on any atom is -0.481 e. The van der Waals surface area contributed by atoms with E-state index in [1.165, 1.54) is 0 Å². The quantitative estimate of drug-likeness (QED) is 0.515. The van der Waals surface area contributed by atoms with Crippen molar-refractivity contribution in [3.05, 3.63) is 0 Å². The molecule has 0 aliphatic heterocycles. The minimum atomic E-state index is -0.713. The van der Waals surface area contributed by atoms with E-state index in [4.69, 9.17) is 10.2 Å². The van der Waals surface area contributed by atoms with Gasteiger partial charge in [-0.1, -0.05) is 45.4 Å². The SMILES string of the molecule is CCC(CCCCCCCCC(=O)O)CC(=O)O.Cl.Cl. The van der Waals surface area contributed by atoms with Gasteiger partial charge in [0.1, 0.15) is 0 Å². The third-order valence-corrected chi connectivity index (χ3v) is 3.29. The Kier molecular flexibility index (Phi) is 20.3. The smallest absolute Gasteiger partial charge is 0.303 e. The fraction of sp³-hybridized carbons (Fsp3) is 0.857. The lowest BCUT2D eigenvalue weighted by molar-refractivity contribution is -0.138. The first-order valence-corrected chi connectivity index (χ1v) is 6.99. The van der Waals surface area contributed by atoms with Crippen LogP contribution < -0.4 is 0 Å². The Morgan fingerprint density at radius 3 is 1.80 bits per heavy atom. The van der Waals surface area contributed by atoms with Gasteiger partial charge in [-0.15, -0.1) is 24.8 Å². The monoisotopic (exact) mass is 330 g/mol. The molecule has 0 rings (SSSR count). The lowest BCUT2D eigenvalue weighted by Crippen LogP contribution is -2.06. The summed E-state index contributed by atoms with van der Waals surface area (Å²) in [5, 5.41) is 17.2. The van der Waals surface area contributed by atoms with Gasteiger partial charge in [0.2, 0.25) is 0 Å². The zero-order valence-electron chi connectivity index (χ0n) is 12.2. The topological polar surface area (TPSA) is 74.6 Å². The van der Waals surface area contributed by atoms with E-state index in [-0.39, 0.29) is 37.7 Å². The number of carboxylic acid groups (broad SMARTS) is 2. The molecule has 0 bridgehead atoms. The van der Waals surface area contributed by atoms with Crippen LogP contribution in [0.15, 0.2) is 0 Å². The van der Waals surface area contributed by atoms with Crippen molar-refractivity contribution in [3.63, 3.8) is 0 Å². The average Bonchev–Trinajstić information content (AvgIpc) is 2.30. The Morgan fingerprint density at radius 1 is 0.850 bits per heavy atom. The molecule has 0 amide bonds. The second-order valence-corrected chi connectivity index (χ2v) is 4.93. The van der Waals surface area contributed by atoms with Crippen LogP contribution in [0.3, 0.4) is 0 Å². The number of halogens is 2.